The second-order valence-corrected chi connectivity index (χ2v) is 6.79. The van der Waals surface area contributed by atoms with Gasteiger partial charge in [-0.3, -0.25) is 0 Å². The number of rotatable bonds is 9. The van der Waals surface area contributed by atoms with Crippen LogP contribution in [0.1, 0.15) is 12.8 Å². The van der Waals surface area contributed by atoms with Gasteiger partial charge in [-0.15, -0.1) is 0 Å². The third-order valence-corrected chi connectivity index (χ3v) is 3.51. The monoisotopic (exact) mass is 310 g/mol. The Morgan fingerprint density at radius 2 is 2.00 bits per heavy atom. The largest absolute Gasteiger partial charge is 0.480 e. The third-order valence-electron chi connectivity index (χ3n) is 2.58. The van der Waals surface area contributed by atoms with Crippen LogP contribution in [0.4, 0.5) is 4.79 Å². The minimum Gasteiger partial charge on any atom is -0.480 e. The van der Waals surface area contributed by atoms with E-state index >= 15 is 0 Å². The molecule has 1 unspecified atom stereocenters. The van der Waals surface area contributed by atoms with Crippen LogP contribution in [0.15, 0.2) is 0 Å². The minimum absolute atomic E-state index is 0.00900. The highest BCUT2D eigenvalue weighted by atomic mass is 32.2. The lowest BCUT2D eigenvalue weighted by Crippen LogP contribution is -2.47. The zero-order valence-electron chi connectivity index (χ0n) is 12.0. The van der Waals surface area contributed by atoms with Crippen LogP contribution in [0, 0.1) is 0 Å². The number of carboxylic acids is 1. The number of sulfone groups is 1. The maximum atomic E-state index is 11.7. The second-order valence-electron chi connectivity index (χ2n) is 4.53. The quantitative estimate of drug-likeness (QED) is 0.558. The van der Waals surface area contributed by atoms with Gasteiger partial charge in [0.15, 0.2) is 0 Å². The highest BCUT2D eigenvalue weighted by Crippen LogP contribution is 2.00. The lowest BCUT2D eigenvalue weighted by molar-refractivity contribution is -0.139. The summed E-state index contributed by atoms with van der Waals surface area (Å²) >= 11 is 0. The van der Waals surface area contributed by atoms with Gasteiger partial charge in [-0.05, 0) is 12.8 Å². The molecule has 0 saturated heterocycles. The maximum Gasteiger partial charge on any atom is 0.326 e. The van der Waals surface area contributed by atoms with Gasteiger partial charge in [-0.2, -0.15) is 0 Å². The molecule has 0 aromatic carbocycles. The summed E-state index contributed by atoms with van der Waals surface area (Å²) in [5, 5.41) is 11.3. The average Bonchev–Trinajstić information content (AvgIpc) is 2.33. The number of hydrogen-bond acceptors (Lipinski definition) is 5. The van der Waals surface area contributed by atoms with Gasteiger partial charge < -0.3 is 20.1 Å². The molecule has 0 aliphatic heterocycles. The van der Waals surface area contributed by atoms with E-state index in [2.05, 4.69) is 5.32 Å². The maximum absolute atomic E-state index is 11.7. The van der Waals surface area contributed by atoms with E-state index in [9.17, 15) is 18.0 Å². The zero-order chi connectivity index (χ0) is 15.8. The lowest BCUT2D eigenvalue weighted by atomic mass is 10.1. The number of carbonyl (C=O) groups is 2. The van der Waals surface area contributed by atoms with E-state index in [0.29, 0.717) is 13.0 Å². The molecule has 0 aromatic rings. The van der Waals surface area contributed by atoms with Crippen molar-refractivity contribution >= 4 is 21.8 Å². The van der Waals surface area contributed by atoms with Crippen LogP contribution in [-0.2, 0) is 19.4 Å². The molecule has 118 valence electrons. The molecule has 8 nitrogen and oxygen atoms in total. The fourth-order valence-electron chi connectivity index (χ4n) is 1.35. The SMILES string of the molecule is COCCCC(NC(=O)N(C)CCS(C)(=O)=O)C(=O)O. The molecule has 20 heavy (non-hydrogen) atoms. The standard InChI is InChI=1S/C11H22N2O6S/c1-13(6-8-20(3,17)18)11(16)12-9(10(14)15)5-4-7-19-2/h9H,4-8H2,1-3H3,(H,12,16)(H,14,15). The Morgan fingerprint density at radius 3 is 2.45 bits per heavy atom. The van der Waals surface area contributed by atoms with Crippen molar-refractivity contribution in [2.24, 2.45) is 0 Å². The van der Waals surface area contributed by atoms with Crippen molar-refractivity contribution in [3.63, 3.8) is 0 Å². The van der Waals surface area contributed by atoms with Gasteiger partial charge in [-0.25, -0.2) is 18.0 Å². The zero-order valence-corrected chi connectivity index (χ0v) is 12.8. The predicted octanol–water partition coefficient (Wildman–Crippen LogP) is -0.448. The predicted molar refractivity (Wildman–Crippen MR) is 73.4 cm³/mol. The molecular formula is C11H22N2O6S. The van der Waals surface area contributed by atoms with E-state index in [0.717, 1.165) is 11.2 Å². The van der Waals surface area contributed by atoms with Crippen molar-refractivity contribution in [3.8, 4) is 0 Å². The first kappa shape index (κ1) is 18.7. The molecule has 0 aliphatic carbocycles. The number of ether oxygens (including phenoxy) is 1. The van der Waals surface area contributed by atoms with E-state index in [1.54, 1.807) is 0 Å². The Morgan fingerprint density at radius 1 is 1.40 bits per heavy atom. The molecule has 2 N–H and O–H groups in total. The molecule has 0 heterocycles. The molecule has 0 bridgehead atoms. The number of nitrogens with one attached hydrogen (secondary N) is 1. The highest BCUT2D eigenvalue weighted by molar-refractivity contribution is 7.90. The summed E-state index contributed by atoms with van der Waals surface area (Å²) in [7, 11) is -0.251. The number of aliphatic carboxylic acids is 1. The summed E-state index contributed by atoms with van der Waals surface area (Å²) in [5.74, 6) is -1.30. The summed E-state index contributed by atoms with van der Waals surface area (Å²) in [4.78, 5) is 23.9. The number of hydrogen-bond donors (Lipinski definition) is 2. The molecule has 2 amide bonds. The molecule has 0 rings (SSSR count). The fraction of sp³-hybridized carbons (Fsp3) is 0.818. The van der Waals surface area contributed by atoms with Crippen LogP contribution in [0.25, 0.3) is 0 Å². The average molecular weight is 310 g/mol. The number of methoxy groups -OCH3 is 1. The number of carboxylic acid groups (broad SMARTS) is 1. The van der Waals surface area contributed by atoms with Crippen molar-refractivity contribution in [2.45, 2.75) is 18.9 Å². The van der Waals surface area contributed by atoms with Crippen molar-refractivity contribution in [1.82, 2.24) is 10.2 Å². The first-order chi connectivity index (χ1) is 9.17. The van der Waals surface area contributed by atoms with Crippen molar-refractivity contribution in [3.05, 3.63) is 0 Å². The Balaban J connectivity index is 4.33. The summed E-state index contributed by atoms with van der Waals surface area (Å²) in [5.41, 5.74) is 0. The van der Waals surface area contributed by atoms with Gasteiger partial charge in [0.05, 0.1) is 5.75 Å². The summed E-state index contributed by atoms with van der Waals surface area (Å²) in [6.45, 7) is 0.415. The molecule has 0 spiro atoms. The van der Waals surface area contributed by atoms with E-state index in [1.165, 1.54) is 14.2 Å². The van der Waals surface area contributed by atoms with Gasteiger partial charge in [0.2, 0.25) is 0 Å². The first-order valence-electron chi connectivity index (χ1n) is 6.08. The van der Waals surface area contributed by atoms with Crippen LogP contribution in [0.3, 0.4) is 0 Å². The smallest absolute Gasteiger partial charge is 0.326 e. The van der Waals surface area contributed by atoms with Crippen LogP contribution >= 0.6 is 0 Å². The first-order valence-corrected chi connectivity index (χ1v) is 8.14. The van der Waals surface area contributed by atoms with Crippen LogP contribution in [0.2, 0.25) is 0 Å². The summed E-state index contributed by atoms with van der Waals surface area (Å²) in [6.07, 6.45) is 1.82. The van der Waals surface area contributed by atoms with E-state index in [4.69, 9.17) is 9.84 Å². The number of carbonyl (C=O) groups excluding carboxylic acids is 1. The second kappa shape index (κ2) is 8.75. The Labute approximate surface area is 119 Å². The highest BCUT2D eigenvalue weighted by Gasteiger charge is 2.21. The topological polar surface area (TPSA) is 113 Å². The van der Waals surface area contributed by atoms with E-state index in [1.807, 2.05) is 0 Å². The normalized spacial score (nSPS) is 12.8. The molecule has 0 saturated carbocycles. The lowest BCUT2D eigenvalue weighted by Gasteiger charge is -2.21. The number of urea groups is 1. The molecule has 9 heteroatoms. The number of amides is 2. The Hall–Kier alpha value is -1.35. The van der Waals surface area contributed by atoms with E-state index in [-0.39, 0.29) is 18.7 Å². The van der Waals surface area contributed by atoms with Gasteiger partial charge in [0, 0.05) is 33.6 Å². The summed E-state index contributed by atoms with van der Waals surface area (Å²) < 4.78 is 26.8. The molecule has 1 atom stereocenters. The van der Waals surface area contributed by atoms with Crippen LogP contribution in [0.5, 0.6) is 0 Å². The van der Waals surface area contributed by atoms with Crippen molar-refractivity contribution < 1.29 is 27.9 Å². The fourth-order valence-corrected chi connectivity index (χ4v) is 1.96. The molecule has 0 aromatic heterocycles. The van der Waals surface area contributed by atoms with E-state index < -0.39 is 27.9 Å². The van der Waals surface area contributed by atoms with Gasteiger partial charge in [0.25, 0.3) is 0 Å². The Bertz CT molecular complexity index is 423. The molecule has 0 fully saturated rings. The van der Waals surface area contributed by atoms with Crippen LogP contribution < -0.4 is 5.32 Å². The molecular weight excluding hydrogens is 288 g/mol. The van der Waals surface area contributed by atoms with Gasteiger partial charge in [-0.1, -0.05) is 0 Å². The Kier molecular flexibility index (Phi) is 8.16. The van der Waals surface area contributed by atoms with Gasteiger partial charge in [0.1, 0.15) is 15.9 Å². The van der Waals surface area contributed by atoms with Gasteiger partial charge >= 0.3 is 12.0 Å². The number of nitrogens with zero attached hydrogens (tertiary/aromatic N) is 1. The van der Waals surface area contributed by atoms with Crippen molar-refractivity contribution in [1.29, 1.82) is 0 Å². The summed E-state index contributed by atoms with van der Waals surface area (Å²) in [6, 6.07) is -1.63. The molecule has 0 radical (unpaired) electrons. The van der Waals surface area contributed by atoms with Crippen molar-refractivity contribution in [2.75, 3.05) is 39.3 Å². The molecule has 0 aliphatic rings. The third kappa shape index (κ3) is 8.70. The minimum atomic E-state index is -3.17. The van der Waals surface area contributed by atoms with Crippen LogP contribution in [-0.4, -0.2) is 75.8 Å².